The van der Waals surface area contributed by atoms with Crippen LogP contribution in [0.2, 0.25) is 0 Å². The van der Waals surface area contributed by atoms with Crippen molar-refractivity contribution in [2.45, 2.75) is 70.1 Å². The van der Waals surface area contributed by atoms with E-state index >= 15 is 0 Å². The van der Waals surface area contributed by atoms with Crippen LogP contribution in [0.3, 0.4) is 0 Å². The molecule has 0 unspecified atom stereocenters. The summed E-state index contributed by atoms with van der Waals surface area (Å²) in [6, 6.07) is -0.288. The van der Waals surface area contributed by atoms with E-state index < -0.39 is 12.2 Å². The van der Waals surface area contributed by atoms with Gasteiger partial charge >= 0.3 is 0 Å². The molecule has 1 rings (SSSR count). The van der Waals surface area contributed by atoms with Gasteiger partial charge < -0.3 is 15.3 Å². The molecule has 0 bridgehead atoms. The topological polar surface area (TPSA) is 63.9 Å². The molecule has 4 nitrogen and oxygen atoms in total. The van der Waals surface area contributed by atoms with Crippen molar-refractivity contribution >= 4 is 0 Å². The first-order chi connectivity index (χ1) is 8.70. The largest absolute Gasteiger partial charge is 0.395 e. The summed E-state index contributed by atoms with van der Waals surface area (Å²) >= 11 is 0. The number of rotatable bonds is 8. The minimum atomic E-state index is -0.802. The molecule has 4 heteroatoms. The van der Waals surface area contributed by atoms with Crippen LogP contribution in [0, 0.1) is 0 Å². The number of piperidine rings is 1. The molecule has 1 fully saturated rings. The number of hydrogen-bond acceptors (Lipinski definition) is 4. The van der Waals surface area contributed by atoms with Crippen molar-refractivity contribution in [3.63, 3.8) is 0 Å². The molecular formula is C14H29NO3. The summed E-state index contributed by atoms with van der Waals surface area (Å²) in [5, 5.41) is 28.7. The van der Waals surface area contributed by atoms with E-state index in [2.05, 4.69) is 11.8 Å². The Kier molecular flexibility index (Phi) is 7.82. The van der Waals surface area contributed by atoms with Gasteiger partial charge in [-0.1, -0.05) is 39.0 Å². The Bertz CT molecular complexity index is 213. The van der Waals surface area contributed by atoms with Gasteiger partial charge in [-0.25, -0.2) is 0 Å². The van der Waals surface area contributed by atoms with E-state index in [0.29, 0.717) is 6.42 Å². The fraction of sp³-hybridized carbons (Fsp3) is 1.00. The Morgan fingerprint density at radius 2 is 1.72 bits per heavy atom. The highest BCUT2D eigenvalue weighted by Gasteiger charge is 2.34. The lowest BCUT2D eigenvalue weighted by molar-refractivity contribution is -0.0896. The van der Waals surface area contributed by atoms with Crippen LogP contribution in [-0.2, 0) is 0 Å². The van der Waals surface area contributed by atoms with Gasteiger partial charge in [0.25, 0.3) is 0 Å². The Morgan fingerprint density at radius 3 is 2.39 bits per heavy atom. The second-order valence-corrected chi connectivity index (χ2v) is 5.40. The van der Waals surface area contributed by atoms with Crippen LogP contribution in [0.1, 0.15) is 51.9 Å². The van der Waals surface area contributed by atoms with Crippen molar-refractivity contribution in [3.8, 4) is 0 Å². The fourth-order valence-electron chi connectivity index (χ4n) is 2.70. The summed E-state index contributed by atoms with van der Waals surface area (Å²) < 4.78 is 0. The highest BCUT2D eigenvalue weighted by Crippen LogP contribution is 2.19. The zero-order chi connectivity index (χ0) is 13.4. The quantitative estimate of drug-likeness (QED) is 0.572. The smallest absolute Gasteiger partial charge is 0.0976 e. The summed E-state index contributed by atoms with van der Waals surface area (Å²) in [4.78, 5) is 2.12. The van der Waals surface area contributed by atoms with E-state index in [0.717, 1.165) is 19.5 Å². The van der Waals surface area contributed by atoms with E-state index in [1.807, 2.05) is 0 Å². The van der Waals surface area contributed by atoms with Gasteiger partial charge in [-0.2, -0.15) is 0 Å². The average Bonchev–Trinajstić information content (AvgIpc) is 2.38. The van der Waals surface area contributed by atoms with E-state index in [1.54, 1.807) is 0 Å². The first-order valence-electron chi connectivity index (χ1n) is 7.41. The Hall–Kier alpha value is -0.160. The van der Waals surface area contributed by atoms with Gasteiger partial charge in [0.1, 0.15) is 0 Å². The third-order valence-electron chi connectivity index (χ3n) is 3.96. The predicted octanol–water partition coefficient (Wildman–Crippen LogP) is 1.14. The summed E-state index contributed by atoms with van der Waals surface area (Å²) in [5.74, 6) is 0. The molecule has 0 saturated carbocycles. The van der Waals surface area contributed by atoms with Crippen molar-refractivity contribution in [1.82, 2.24) is 4.90 Å². The highest BCUT2D eigenvalue weighted by molar-refractivity contribution is 4.88. The number of likely N-dealkylation sites (tertiary alicyclic amines) is 1. The molecule has 0 amide bonds. The van der Waals surface area contributed by atoms with E-state index in [-0.39, 0.29) is 12.6 Å². The molecule has 1 heterocycles. The van der Waals surface area contributed by atoms with Gasteiger partial charge in [0, 0.05) is 6.54 Å². The van der Waals surface area contributed by atoms with Gasteiger partial charge in [-0.15, -0.1) is 0 Å². The first-order valence-corrected chi connectivity index (χ1v) is 7.41. The third-order valence-corrected chi connectivity index (χ3v) is 3.96. The SMILES string of the molecule is CCCCCCCCN1CC[C@@H](O)[C@H](O)[C@H]1CO. The molecule has 0 aromatic rings. The molecule has 0 aromatic carbocycles. The number of unbranched alkanes of at least 4 members (excludes halogenated alkanes) is 5. The molecule has 1 aliphatic heterocycles. The zero-order valence-electron chi connectivity index (χ0n) is 11.6. The highest BCUT2D eigenvalue weighted by atomic mass is 16.3. The van der Waals surface area contributed by atoms with E-state index in [9.17, 15) is 15.3 Å². The van der Waals surface area contributed by atoms with Gasteiger partial charge in [-0.05, 0) is 19.4 Å². The van der Waals surface area contributed by atoms with Gasteiger partial charge in [0.05, 0.1) is 24.9 Å². The second-order valence-electron chi connectivity index (χ2n) is 5.40. The molecular weight excluding hydrogens is 230 g/mol. The first kappa shape index (κ1) is 15.9. The summed E-state index contributed by atoms with van der Waals surface area (Å²) in [6.45, 7) is 3.83. The maximum atomic E-state index is 9.83. The molecule has 1 aliphatic rings. The van der Waals surface area contributed by atoms with Crippen LogP contribution >= 0.6 is 0 Å². The van der Waals surface area contributed by atoms with Crippen LogP contribution in [0.4, 0.5) is 0 Å². The van der Waals surface area contributed by atoms with Crippen LogP contribution in [0.15, 0.2) is 0 Å². The zero-order valence-corrected chi connectivity index (χ0v) is 11.6. The minimum absolute atomic E-state index is 0.0753. The maximum Gasteiger partial charge on any atom is 0.0976 e. The van der Waals surface area contributed by atoms with Crippen molar-refractivity contribution in [2.75, 3.05) is 19.7 Å². The molecule has 18 heavy (non-hydrogen) atoms. The van der Waals surface area contributed by atoms with Crippen LogP contribution in [0.25, 0.3) is 0 Å². The predicted molar refractivity (Wildman–Crippen MR) is 72.5 cm³/mol. The van der Waals surface area contributed by atoms with Crippen molar-refractivity contribution < 1.29 is 15.3 Å². The van der Waals surface area contributed by atoms with Crippen LogP contribution < -0.4 is 0 Å². The maximum absolute atomic E-state index is 9.83. The van der Waals surface area contributed by atoms with Gasteiger partial charge in [0.15, 0.2) is 0 Å². The lowest BCUT2D eigenvalue weighted by Gasteiger charge is -2.40. The number of aliphatic hydroxyl groups is 3. The Balaban J connectivity index is 2.20. The minimum Gasteiger partial charge on any atom is -0.395 e. The summed E-state index contributed by atoms with van der Waals surface area (Å²) in [6.07, 6.45) is 6.62. The van der Waals surface area contributed by atoms with Crippen LogP contribution in [-0.4, -0.2) is 58.2 Å². The average molecular weight is 259 g/mol. The molecule has 1 saturated heterocycles. The molecule has 3 atom stereocenters. The third kappa shape index (κ3) is 4.84. The standard InChI is InChI=1S/C14H29NO3/c1-2-3-4-5-6-7-9-15-10-8-13(17)14(18)12(15)11-16/h12-14,16-18H,2-11H2,1H3/t12-,13-,14-/m1/s1. The lowest BCUT2D eigenvalue weighted by Crippen LogP contribution is -2.56. The van der Waals surface area contributed by atoms with Gasteiger partial charge in [0.2, 0.25) is 0 Å². The Labute approximate surface area is 111 Å². The van der Waals surface area contributed by atoms with Crippen LogP contribution in [0.5, 0.6) is 0 Å². The molecule has 3 N–H and O–H groups in total. The van der Waals surface area contributed by atoms with Crippen molar-refractivity contribution in [2.24, 2.45) is 0 Å². The number of hydrogen-bond donors (Lipinski definition) is 3. The molecule has 0 radical (unpaired) electrons. The van der Waals surface area contributed by atoms with Crippen molar-refractivity contribution in [1.29, 1.82) is 0 Å². The van der Waals surface area contributed by atoms with E-state index in [1.165, 1.54) is 32.1 Å². The lowest BCUT2D eigenvalue weighted by atomic mass is 9.96. The number of aliphatic hydroxyl groups excluding tert-OH is 3. The Morgan fingerprint density at radius 1 is 1.06 bits per heavy atom. The van der Waals surface area contributed by atoms with Crippen molar-refractivity contribution in [3.05, 3.63) is 0 Å². The van der Waals surface area contributed by atoms with Gasteiger partial charge in [-0.3, -0.25) is 4.90 Å². The van der Waals surface area contributed by atoms with E-state index in [4.69, 9.17) is 0 Å². The molecule has 108 valence electrons. The fourth-order valence-corrected chi connectivity index (χ4v) is 2.70. The summed E-state index contributed by atoms with van der Waals surface area (Å²) in [5.41, 5.74) is 0. The summed E-state index contributed by atoms with van der Waals surface area (Å²) in [7, 11) is 0. The normalized spacial score (nSPS) is 29.7. The number of nitrogens with zero attached hydrogens (tertiary/aromatic N) is 1. The monoisotopic (exact) mass is 259 g/mol. The molecule has 0 aliphatic carbocycles. The molecule has 0 spiro atoms. The second kappa shape index (κ2) is 8.86. The molecule has 0 aromatic heterocycles.